The number of hydrogen-bond donors (Lipinski definition) is 1. The fourth-order valence-electron chi connectivity index (χ4n) is 1.55. The van der Waals surface area contributed by atoms with Crippen LogP contribution in [0.3, 0.4) is 0 Å². The second-order valence-electron chi connectivity index (χ2n) is 4.22. The average Bonchev–Trinajstić information content (AvgIpc) is 2.55. The number of carboxylic acid groups (broad SMARTS) is 1. The van der Waals surface area contributed by atoms with Crippen molar-refractivity contribution in [2.24, 2.45) is 7.05 Å². The average molecular weight is 271 g/mol. The minimum atomic E-state index is -0.899. The molecule has 0 fully saturated rings. The lowest BCUT2D eigenvalue weighted by atomic mass is 10.1. The molecule has 1 aromatic heterocycles. The molecule has 0 bridgehead atoms. The molecule has 7 heteroatoms. The number of likely N-dealkylation sites (N-methyl/N-ethyl adjacent to an activating group) is 1. The van der Waals surface area contributed by atoms with Gasteiger partial charge < -0.3 is 9.67 Å². The molecular formula is C11H17N3O3S. The van der Waals surface area contributed by atoms with Gasteiger partial charge in [0.05, 0.1) is 12.0 Å². The maximum atomic E-state index is 11.2. The first-order valence-corrected chi connectivity index (χ1v) is 6.22. The summed E-state index contributed by atoms with van der Waals surface area (Å²) in [7, 11) is 5.20. The van der Waals surface area contributed by atoms with E-state index >= 15 is 0 Å². The molecule has 1 N–H and O–H groups in total. The predicted molar refractivity (Wildman–Crippen MR) is 68.6 cm³/mol. The van der Waals surface area contributed by atoms with Crippen LogP contribution in [-0.2, 0) is 23.1 Å². The predicted octanol–water partition coefficient (Wildman–Crippen LogP) is 0.616. The highest BCUT2D eigenvalue weighted by atomic mass is 32.2. The van der Waals surface area contributed by atoms with Gasteiger partial charge in [0, 0.05) is 20.4 Å². The Balaban J connectivity index is 2.96. The lowest BCUT2D eigenvalue weighted by Gasteiger charge is -2.19. The lowest BCUT2D eigenvalue weighted by molar-refractivity contribution is -0.142. The molecule has 0 saturated heterocycles. The van der Waals surface area contributed by atoms with E-state index in [0.29, 0.717) is 10.7 Å². The SMILES string of the molecule is CC(=O)Sc1c(C[C@@H](C(=O)O)N(C)C)ncn1C. The zero-order valence-corrected chi connectivity index (χ0v) is 11.7. The second kappa shape index (κ2) is 6.01. The van der Waals surface area contributed by atoms with Gasteiger partial charge in [0.2, 0.25) is 0 Å². The third-order valence-corrected chi connectivity index (χ3v) is 3.49. The maximum Gasteiger partial charge on any atom is 0.321 e. The van der Waals surface area contributed by atoms with Gasteiger partial charge in [0.25, 0.3) is 0 Å². The van der Waals surface area contributed by atoms with E-state index in [1.54, 1.807) is 36.9 Å². The number of rotatable bonds is 5. The molecule has 6 nitrogen and oxygen atoms in total. The fraction of sp³-hybridized carbons (Fsp3) is 0.545. The zero-order valence-electron chi connectivity index (χ0n) is 10.9. The van der Waals surface area contributed by atoms with Crippen LogP contribution < -0.4 is 0 Å². The van der Waals surface area contributed by atoms with Gasteiger partial charge in [-0.3, -0.25) is 14.5 Å². The number of aliphatic carboxylic acids is 1. The summed E-state index contributed by atoms with van der Waals surface area (Å²) in [6.07, 6.45) is 1.87. The first-order chi connectivity index (χ1) is 8.32. The molecule has 0 aromatic carbocycles. The summed E-state index contributed by atoms with van der Waals surface area (Å²) in [5.74, 6) is -0.899. The van der Waals surface area contributed by atoms with Crippen molar-refractivity contribution in [2.45, 2.75) is 24.4 Å². The number of carbonyl (C=O) groups excluding carboxylic acids is 1. The molecule has 0 amide bonds. The van der Waals surface area contributed by atoms with Gasteiger partial charge in [-0.25, -0.2) is 4.98 Å². The molecule has 100 valence electrons. The summed E-state index contributed by atoms with van der Waals surface area (Å²) in [5, 5.41) is 9.79. The Morgan fingerprint density at radius 1 is 1.56 bits per heavy atom. The Bertz CT molecular complexity index is 456. The summed E-state index contributed by atoms with van der Waals surface area (Å²) >= 11 is 1.07. The molecule has 0 saturated carbocycles. The minimum Gasteiger partial charge on any atom is -0.480 e. The molecule has 0 radical (unpaired) electrons. The van der Waals surface area contributed by atoms with E-state index in [9.17, 15) is 9.59 Å². The van der Waals surface area contributed by atoms with Gasteiger partial charge in [-0.2, -0.15) is 0 Å². The largest absolute Gasteiger partial charge is 0.480 e. The third kappa shape index (κ3) is 3.58. The molecule has 0 aliphatic rings. The van der Waals surface area contributed by atoms with Crippen molar-refractivity contribution in [3.63, 3.8) is 0 Å². The molecule has 0 aliphatic carbocycles. The summed E-state index contributed by atoms with van der Waals surface area (Å²) in [4.78, 5) is 28.1. The van der Waals surface area contributed by atoms with Crippen molar-refractivity contribution < 1.29 is 14.7 Å². The number of aromatic nitrogens is 2. The number of carbonyl (C=O) groups is 2. The topological polar surface area (TPSA) is 75.4 Å². The second-order valence-corrected chi connectivity index (χ2v) is 5.39. The van der Waals surface area contributed by atoms with E-state index in [1.807, 2.05) is 0 Å². The van der Waals surface area contributed by atoms with Crippen molar-refractivity contribution in [2.75, 3.05) is 14.1 Å². The van der Waals surface area contributed by atoms with E-state index in [-0.39, 0.29) is 11.5 Å². The fourth-order valence-corrected chi connectivity index (χ4v) is 2.27. The van der Waals surface area contributed by atoms with Crippen LogP contribution in [0.4, 0.5) is 0 Å². The first kappa shape index (κ1) is 14.7. The van der Waals surface area contributed by atoms with E-state index in [2.05, 4.69) is 4.98 Å². The standard InChI is InChI=1S/C11H17N3O3S/c1-7(15)18-10-8(12-6-14(10)4)5-9(11(16)17)13(2)3/h6,9H,5H2,1-4H3,(H,16,17)/t9-/m0/s1. The molecular weight excluding hydrogens is 254 g/mol. The van der Waals surface area contributed by atoms with E-state index in [1.165, 1.54) is 6.92 Å². The molecule has 1 atom stereocenters. The van der Waals surface area contributed by atoms with Gasteiger partial charge >= 0.3 is 5.97 Å². The van der Waals surface area contributed by atoms with Crippen LogP contribution in [0, 0.1) is 0 Å². The summed E-state index contributed by atoms with van der Waals surface area (Å²) in [5.41, 5.74) is 0.638. The van der Waals surface area contributed by atoms with Crippen LogP contribution in [0.1, 0.15) is 12.6 Å². The van der Waals surface area contributed by atoms with Crippen molar-refractivity contribution in [3.05, 3.63) is 12.0 Å². The Hall–Kier alpha value is -1.34. The van der Waals surface area contributed by atoms with Crippen molar-refractivity contribution in [3.8, 4) is 0 Å². The maximum absolute atomic E-state index is 11.2. The zero-order chi connectivity index (χ0) is 13.9. The highest BCUT2D eigenvalue weighted by Crippen LogP contribution is 2.23. The van der Waals surface area contributed by atoms with Crippen LogP contribution in [0.5, 0.6) is 0 Å². The van der Waals surface area contributed by atoms with E-state index < -0.39 is 12.0 Å². The summed E-state index contributed by atoms with van der Waals surface area (Å²) in [6, 6.07) is -0.647. The molecule has 1 rings (SSSR count). The molecule has 0 aliphatic heterocycles. The van der Waals surface area contributed by atoms with Crippen LogP contribution in [-0.4, -0.2) is 50.8 Å². The number of nitrogens with zero attached hydrogens (tertiary/aromatic N) is 3. The van der Waals surface area contributed by atoms with Gasteiger partial charge in [0.15, 0.2) is 5.12 Å². The number of aryl methyl sites for hydroxylation is 1. The van der Waals surface area contributed by atoms with Gasteiger partial charge in [-0.15, -0.1) is 0 Å². The minimum absolute atomic E-state index is 0.0448. The van der Waals surface area contributed by atoms with E-state index in [4.69, 9.17) is 5.11 Å². The van der Waals surface area contributed by atoms with E-state index in [0.717, 1.165) is 11.8 Å². The molecule has 1 heterocycles. The molecule has 0 spiro atoms. The number of hydrogen-bond acceptors (Lipinski definition) is 5. The summed E-state index contributed by atoms with van der Waals surface area (Å²) in [6.45, 7) is 1.47. The van der Waals surface area contributed by atoms with Crippen LogP contribution in [0.15, 0.2) is 11.4 Å². The van der Waals surface area contributed by atoms with Crippen LogP contribution in [0.2, 0.25) is 0 Å². The lowest BCUT2D eigenvalue weighted by Crippen LogP contribution is -2.37. The smallest absolute Gasteiger partial charge is 0.321 e. The number of carboxylic acids is 1. The van der Waals surface area contributed by atoms with Crippen molar-refractivity contribution in [1.29, 1.82) is 0 Å². The Morgan fingerprint density at radius 3 is 2.61 bits per heavy atom. The normalized spacial score (nSPS) is 12.7. The third-order valence-electron chi connectivity index (χ3n) is 2.49. The Kier molecular flexibility index (Phi) is 4.92. The molecule has 1 aromatic rings. The van der Waals surface area contributed by atoms with Crippen LogP contribution in [0.25, 0.3) is 0 Å². The number of imidazole rings is 1. The van der Waals surface area contributed by atoms with Gasteiger partial charge in [-0.05, 0) is 25.9 Å². The highest BCUT2D eigenvalue weighted by molar-refractivity contribution is 8.13. The number of thioether (sulfide) groups is 1. The van der Waals surface area contributed by atoms with Gasteiger partial charge in [0.1, 0.15) is 11.1 Å². The quantitative estimate of drug-likeness (QED) is 0.791. The highest BCUT2D eigenvalue weighted by Gasteiger charge is 2.24. The molecule has 0 unspecified atom stereocenters. The monoisotopic (exact) mass is 271 g/mol. The van der Waals surface area contributed by atoms with Gasteiger partial charge in [-0.1, -0.05) is 0 Å². The van der Waals surface area contributed by atoms with Crippen LogP contribution >= 0.6 is 11.8 Å². The Labute approximate surface area is 110 Å². The van der Waals surface area contributed by atoms with Crippen molar-refractivity contribution >= 4 is 22.8 Å². The summed E-state index contributed by atoms with van der Waals surface area (Å²) < 4.78 is 1.73. The Morgan fingerprint density at radius 2 is 2.17 bits per heavy atom. The first-order valence-electron chi connectivity index (χ1n) is 5.40. The molecule has 18 heavy (non-hydrogen) atoms. The van der Waals surface area contributed by atoms with Crippen molar-refractivity contribution in [1.82, 2.24) is 14.5 Å².